The molecule has 0 saturated carbocycles. The topological polar surface area (TPSA) is 90.9 Å². The van der Waals surface area contributed by atoms with E-state index in [1.807, 2.05) is 30.0 Å². The monoisotopic (exact) mass is 403 g/mol. The third kappa shape index (κ3) is 3.84. The number of anilines is 1. The van der Waals surface area contributed by atoms with Crippen LogP contribution in [0.2, 0.25) is 5.28 Å². The zero-order chi connectivity index (χ0) is 18.8. The summed E-state index contributed by atoms with van der Waals surface area (Å²) in [5.41, 5.74) is 1.20. The summed E-state index contributed by atoms with van der Waals surface area (Å²) in [6, 6.07) is 5.87. The first kappa shape index (κ1) is 18.0. The maximum absolute atomic E-state index is 12.9. The number of aromatic amines is 1. The van der Waals surface area contributed by atoms with Gasteiger partial charge in [0.2, 0.25) is 11.2 Å². The number of piperazine rings is 1. The number of hydrogen-bond acceptors (Lipinski definition) is 7. The number of amides is 1. The Kier molecular flexibility index (Phi) is 5.13. The molecule has 8 nitrogen and oxygen atoms in total. The highest BCUT2D eigenvalue weighted by Crippen LogP contribution is 2.29. The summed E-state index contributed by atoms with van der Waals surface area (Å²) in [6.45, 7) is 4.76. The van der Waals surface area contributed by atoms with E-state index in [0.29, 0.717) is 29.3 Å². The van der Waals surface area contributed by atoms with Crippen molar-refractivity contribution in [1.29, 1.82) is 0 Å². The molecule has 0 aliphatic carbocycles. The molecule has 0 spiro atoms. The van der Waals surface area contributed by atoms with Gasteiger partial charge in [0.1, 0.15) is 16.4 Å². The van der Waals surface area contributed by atoms with Crippen molar-refractivity contribution in [2.75, 3.05) is 31.1 Å². The lowest BCUT2D eigenvalue weighted by Crippen LogP contribution is -2.50. The second-order valence-corrected chi connectivity index (χ2v) is 7.83. The van der Waals surface area contributed by atoms with Crippen LogP contribution in [0.1, 0.15) is 6.92 Å². The van der Waals surface area contributed by atoms with Crippen LogP contribution in [0.5, 0.6) is 0 Å². The lowest BCUT2D eigenvalue weighted by atomic mass is 10.2. The summed E-state index contributed by atoms with van der Waals surface area (Å²) in [5, 5.41) is 0.472. The maximum atomic E-state index is 12.9. The third-order valence-corrected chi connectivity index (χ3v) is 5.67. The van der Waals surface area contributed by atoms with E-state index in [9.17, 15) is 4.79 Å². The SMILES string of the molecule is C[C@@H](Sc1nc(Cl)nc2nc[nH]c12)C(=O)N1CCN(c2ccccn2)CC1. The van der Waals surface area contributed by atoms with Crippen molar-refractivity contribution < 1.29 is 4.79 Å². The Morgan fingerprint density at radius 2 is 2.04 bits per heavy atom. The van der Waals surface area contributed by atoms with Crippen molar-refractivity contribution >= 4 is 46.3 Å². The highest BCUT2D eigenvalue weighted by molar-refractivity contribution is 8.00. The molecule has 1 atom stereocenters. The van der Waals surface area contributed by atoms with Crippen LogP contribution in [-0.2, 0) is 4.79 Å². The minimum Gasteiger partial charge on any atom is -0.353 e. The van der Waals surface area contributed by atoms with E-state index < -0.39 is 0 Å². The van der Waals surface area contributed by atoms with Gasteiger partial charge < -0.3 is 14.8 Å². The summed E-state index contributed by atoms with van der Waals surface area (Å²) in [6.07, 6.45) is 3.33. The number of imidazole rings is 1. The molecule has 0 aromatic carbocycles. The zero-order valence-electron chi connectivity index (χ0n) is 14.7. The largest absolute Gasteiger partial charge is 0.353 e. The second kappa shape index (κ2) is 7.69. The Hall–Kier alpha value is -2.39. The molecule has 3 aromatic heterocycles. The summed E-state index contributed by atoms with van der Waals surface area (Å²) in [4.78, 5) is 36.8. The molecular formula is C17H18ClN7OS. The van der Waals surface area contributed by atoms with Gasteiger partial charge in [-0.3, -0.25) is 4.79 Å². The first-order valence-corrected chi connectivity index (χ1v) is 9.85. The van der Waals surface area contributed by atoms with E-state index in [0.717, 1.165) is 18.9 Å². The smallest absolute Gasteiger partial charge is 0.235 e. The number of aromatic nitrogens is 5. The van der Waals surface area contributed by atoms with E-state index >= 15 is 0 Å². The standard InChI is InChI=1S/C17H18ClN7OS/c1-11(27-15-13-14(21-10-20-13)22-17(18)23-15)16(26)25-8-6-24(7-9-25)12-4-2-3-5-19-12/h2-5,10-11H,6-9H2,1H3,(H,20,21,22,23)/t11-/m1/s1. The van der Waals surface area contributed by atoms with Crippen molar-refractivity contribution in [3.63, 3.8) is 0 Å². The first-order chi connectivity index (χ1) is 13.1. The molecule has 4 heterocycles. The summed E-state index contributed by atoms with van der Waals surface area (Å²) >= 11 is 7.34. The lowest BCUT2D eigenvalue weighted by Gasteiger charge is -2.36. The van der Waals surface area contributed by atoms with Crippen LogP contribution < -0.4 is 4.90 Å². The molecule has 140 valence electrons. The number of carbonyl (C=O) groups is 1. The highest BCUT2D eigenvalue weighted by Gasteiger charge is 2.27. The van der Waals surface area contributed by atoms with Crippen LogP contribution in [0.15, 0.2) is 35.7 Å². The number of thioether (sulfide) groups is 1. The summed E-state index contributed by atoms with van der Waals surface area (Å²) < 4.78 is 0. The third-order valence-electron chi connectivity index (χ3n) is 4.43. The Morgan fingerprint density at radius 3 is 2.78 bits per heavy atom. The summed E-state index contributed by atoms with van der Waals surface area (Å²) in [5.74, 6) is 1.03. The second-order valence-electron chi connectivity index (χ2n) is 6.16. The number of rotatable bonds is 4. The minimum absolute atomic E-state index is 0.0862. The molecule has 0 unspecified atom stereocenters. The van der Waals surface area contributed by atoms with Crippen molar-refractivity contribution in [3.05, 3.63) is 36.0 Å². The average molecular weight is 404 g/mol. The number of halogens is 1. The fourth-order valence-corrected chi connectivity index (χ4v) is 4.24. The molecule has 10 heteroatoms. The number of hydrogen-bond donors (Lipinski definition) is 1. The van der Waals surface area contributed by atoms with Crippen LogP contribution in [0.3, 0.4) is 0 Å². The van der Waals surface area contributed by atoms with Gasteiger partial charge in [-0.25, -0.2) is 15.0 Å². The summed E-state index contributed by atoms with van der Waals surface area (Å²) in [7, 11) is 0. The van der Waals surface area contributed by atoms with E-state index in [2.05, 4.69) is 29.8 Å². The van der Waals surface area contributed by atoms with E-state index in [4.69, 9.17) is 11.6 Å². The molecule has 3 aromatic rings. The van der Waals surface area contributed by atoms with Crippen LogP contribution in [0.25, 0.3) is 11.2 Å². The number of nitrogens with zero attached hydrogens (tertiary/aromatic N) is 6. The van der Waals surface area contributed by atoms with Crippen LogP contribution >= 0.6 is 23.4 Å². The normalized spacial score (nSPS) is 15.9. The van der Waals surface area contributed by atoms with Gasteiger partial charge in [0.25, 0.3) is 0 Å². The van der Waals surface area contributed by atoms with Gasteiger partial charge in [-0.15, -0.1) is 0 Å². The molecule has 1 aliphatic rings. The predicted molar refractivity (Wildman–Crippen MR) is 105 cm³/mol. The highest BCUT2D eigenvalue weighted by atomic mass is 35.5. The van der Waals surface area contributed by atoms with Gasteiger partial charge in [-0.1, -0.05) is 17.8 Å². The number of pyridine rings is 1. The minimum atomic E-state index is -0.288. The molecular weight excluding hydrogens is 386 g/mol. The number of carbonyl (C=O) groups excluding carboxylic acids is 1. The Balaban J connectivity index is 1.40. The van der Waals surface area contributed by atoms with Gasteiger partial charge in [0, 0.05) is 32.4 Å². The molecule has 0 radical (unpaired) electrons. The number of H-pyrrole nitrogens is 1. The molecule has 1 fully saturated rings. The Labute approximate surface area is 165 Å². The van der Waals surface area contributed by atoms with E-state index in [1.54, 1.807) is 12.5 Å². The predicted octanol–water partition coefficient (Wildman–Crippen LogP) is 2.23. The maximum Gasteiger partial charge on any atom is 0.235 e. The van der Waals surface area contributed by atoms with Crippen LogP contribution in [0, 0.1) is 0 Å². The van der Waals surface area contributed by atoms with Crippen LogP contribution in [-0.4, -0.2) is 67.2 Å². The fourth-order valence-electron chi connectivity index (χ4n) is 3.04. The van der Waals surface area contributed by atoms with Gasteiger partial charge in [-0.2, -0.15) is 4.98 Å². The molecule has 27 heavy (non-hydrogen) atoms. The van der Waals surface area contributed by atoms with Crippen molar-refractivity contribution in [2.24, 2.45) is 0 Å². The average Bonchev–Trinajstić information content (AvgIpc) is 3.17. The fraction of sp³-hybridized carbons (Fsp3) is 0.353. The van der Waals surface area contributed by atoms with Gasteiger partial charge in [-0.05, 0) is 30.7 Å². The Morgan fingerprint density at radius 1 is 1.22 bits per heavy atom. The van der Waals surface area contributed by atoms with Crippen molar-refractivity contribution in [1.82, 2.24) is 29.8 Å². The zero-order valence-corrected chi connectivity index (χ0v) is 16.2. The lowest BCUT2D eigenvalue weighted by molar-refractivity contribution is -0.130. The molecule has 1 amide bonds. The molecule has 0 bridgehead atoms. The van der Waals surface area contributed by atoms with Crippen molar-refractivity contribution in [2.45, 2.75) is 17.2 Å². The van der Waals surface area contributed by atoms with Gasteiger partial charge in [0.05, 0.1) is 11.6 Å². The van der Waals surface area contributed by atoms with E-state index in [1.165, 1.54) is 11.8 Å². The van der Waals surface area contributed by atoms with Crippen molar-refractivity contribution in [3.8, 4) is 0 Å². The molecule has 1 N–H and O–H groups in total. The number of fused-ring (bicyclic) bond motifs is 1. The first-order valence-electron chi connectivity index (χ1n) is 8.60. The molecule has 4 rings (SSSR count). The van der Waals surface area contributed by atoms with Gasteiger partial charge >= 0.3 is 0 Å². The molecule has 1 saturated heterocycles. The molecule has 1 aliphatic heterocycles. The quantitative estimate of drug-likeness (QED) is 0.405. The van der Waals surface area contributed by atoms with Gasteiger partial charge in [0.15, 0.2) is 5.65 Å². The van der Waals surface area contributed by atoms with E-state index in [-0.39, 0.29) is 16.4 Å². The number of nitrogens with one attached hydrogen (secondary N) is 1. The van der Waals surface area contributed by atoms with Crippen LogP contribution in [0.4, 0.5) is 5.82 Å². The Bertz CT molecular complexity index is 943.